The molecule has 0 unspecified atom stereocenters. The molecule has 0 saturated heterocycles. The number of aromatic amines is 1. The normalized spacial score (nSPS) is 10.7. The molecule has 0 bridgehead atoms. The monoisotopic (exact) mass is 449 g/mol. The number of H-pyrrole nitrogens is 1. The molecule has 2 aromatic carbocycles. The number of hydrogen-bond donors (Lipinski definition) is 2. The van der Waals surface area contributed by atoms with Crippen molar-refractivity contribution in [2.24, 2.45) is 0 Å². The molecular weight excluding hydrogens is 426 g/mol. The van der Waals surface area contributed by atoms with Gasteiger partial charge in [-0.05, 0) is 52.8 Å². The fraction of sp³-hybridized carbons (Fsp3) is 0.167. The Morgan fingerprint density at radius 1 is 1.10 bits per heavy atom. The molecule has 4 aromatic rings. The van der Waals surface area contributed by atoms with Crippen molar-refractivity contribution in [1.29, 1.82) is 0 Å². The van der Waals surface area contributed by atoms with E-state index in [4.69, 9.17) is 17.0 Å². The summed E-state index contributed by atoms with van der Waals surface area (Å²) >= 11 is 7.39. The van der Waals surface area contributed by atoms with Gasteiger partial charge in [-0.25, -0.2) is 0 Å². The number of fused-ring (bicyclic) bond motifs is 1. The van der Waals surface area contributed by atoms with E-state index in [9.17, 15) is 4.79 Å². The van der Waals surface area contributed by atoms with Gasteiger partial charge in [-0.15, -0.1) is 11.3 Å². The topological polar surface area (TPSA) is 57.4 Å². The molecule has 0 aliphatic carbocycles. The third-order valence-electron chi connectivity index (χ3n) is 4.99. The van der Waals surface area contributed by atoms with E-state index in [0.29, 0.717) is 36.1 Å². The molecule has 4 rings (SSSR count). The van der Waals surface area contributed by atoms with E-state index in [-0.39, 0.29) is 5.56 Å². The van der Waals surface area contributed by atoms with Crippen LogP contribution in [0.3, 0.4) is 0 Å². The molecule has 0 saturated carbocycles. The van der Waals surface area contributed by atoms with Crippen LogP contribution < -0.4 is 15.6 Å². The van der Waals surface area contributed by atoms with Crippen LogP contribution in [0.4, 0.5) is 0 Å². The van der Waals surface area contributed by atoms with E-state index < -0.39 is 0 Å². The Bertz CT molecular complexity index is 1220. The van der Waals surface area contributed by atoms with Crippen molar-refractivity contribution in [2.75, 3.05) is 7.11 Å². The number of pyridine rings is 1. The molecule has 5 nitrogen and oxygen atoms in total. The van der Waals surface area contributed by atoms with Crippen LogP contribution in [-0.4, -0.2) is 22.1 Å². The first-order valence-electron chi connectivity index (χ1n) is 9.91. The van der Waals surface area contributed by atoms with E-state index in [1.165, 1.54) is 4.88 Å². The number of methoxy groups -OCH3 is 1. The summed E-state index contributed by atoms with van der Waals surface area (Å²) in [5.74, 6) is 0.710. The standard InChI is InChI=1S/C24H23N3O2S2/c1-29-20-10-9-18-12-19(23(28)26-22(18)13-20)15-27(16-21-8-5-11-31-21)24(30)25-14-17-6-3-2-4-7-17/h2-13H,14-16H2,1H3,(H,25,30)(H,26,28). The zero-order valence-corrected chi connectivity index (χ0v) is 18.8. The Morgan fingerprint density at radius 3 is 2.68 bits per heavy atom. The Balaban J connectivity index is 1.57. The van der Waals surface area contributed by atoms with Crippen LogP contribution in [0.15, 0.2) is 76.9 Å². The number of thiocarbonyl (C=S) groups is 1. The number of benzene rings is 2. The summed E-state index contributed by atoms with van der Waals surface area (Å²) in [5, 5.41) is 6.95. The minimum atomic E-state index is -0.122. The Hall–Kier alpha value is -3.16. The van der Waals surface area contributed by atoms with Crippen molar-refractivity contribution >= 4 is 39.6 Å². The Labute approximate surface area is 190 Å². The first kappa shape index (κ1) is 21.1. The van der Waals surface area contributed by atoms with E-state index in [1.54, 1.807) is 18.4 Å². The van der Waals surface area contributed by atoms with E-state index in [0.717, 1.165) is 16.5 Å². The number of rotatable bonds is 7. The molecular formula is C24H23N3O2S2. The summed E-state index contributed by atoms with van der Waals surface area (Å²) in [6.45, 7) is 1.68. The number of ether oxygens (including phenoxy) is 1. The van der Waals surface area contributed by atoms with Crippen molar-refractivity contribution < 1.29 is 4.74 Å². The van der Waals surface area contributed by atoms with Crippen LogP contribution in [-0.2, 0) is 19.6 Å². The third-order valence-corrected chi connectivity index (χ3v) is 6.26. The van der Waals surface area contributed by atoms with E-state index in [1.807, 2.05) is 58.8 Å². The number of aromatic nitrogens is 1. The Kier molecular flexibility index (Phi) is 6.64. The minimum Gasteiger partial charge on any atom is -0.497 e. The van der Waals surface area contributed by atoms with Gasteiger partial charge >= 0.3 is 0 Å². The van der Waals surface area contributed by atoms with Gasteiger partial charge < -0.3 is 19.9 Å². The molecule has 2 aromatic heterocycles. The molecule has 0 amide bonds. The maximum Gasteiger partial charge on any atom is 0.253 e. The van der Waals surface area contributed by atoms with Crippen LogP contribution in [0, 0.1) is 0 Å². The largest absolute Gasteiger partial charge is 0.497 e. The highest BCUT2D eigenvalue weighted by Gasteiger charge is 2.15. The van der Waals surface area contributed by atoms with Crippen molar-refractivity contribution in [1.82, 2.24) is 15.2 Å². The van der Waals surface area contributed by atoms with Crippen LogP contribution >= 0.6 is 23.6 Å². The summed E-state index contributed by atoms with van der Waals surface area (Å²) in [6.07, 6.45) is 0. The maximum atomic E-state index is 12.8. The molecule has 7 heteroatoms. The van der Waals surface area contributed by atoms with Crippen molar-refractivity contribution in [3.8, 4) is 5.75 Å². The minimum absolute atomic E-state index is 0.122. The van der Waals surface area contributed by atoms with Gasteiger partial charge in [-0.1, -0.05) is 36.4 Å². The van der Waals surface area contributed by atoms with Gasteiger partial charge in [0.15, 0.2) is 5.11 Å². The second-order valence-electron chi connectivity index (χ2n) is 7.16. The summed E-state index contributed by atoms with van der Waals surface area (Å²) < 4.78 is 5.26. The van der Waals surface area contributed by atoms with Gasteiger partial charge in [0.25, 0.3) is 5.56 Å². The highest BCUT2D eigenvalue weighted by Crippen LogP contribution is 2.20. The van der Waals surface area contributed by atoms with Crippen molar-refractivity contribution in [2.45, 2.75) is 19.6 Å². The second kappa shape index (κ2) is 9.76. The predicted octanol–water partition coefficient (Wildman–Crippen LogP) is 4.68. The number of thiophene rings is 1. The zero-order valence-electron chi connectivity index (χ0n) is 17.1. The van der Waals surface area contributed by atoms with Gasteiger partial charge in [-0.2, -0.15) is 0 Å². The molecule has 158 valence electrons. The van der Waals surface area contributed by atoms with Gasteiger partial charge in [0.1, 0.15) is 5.75 Å². The maximum absolute atomic E-state index is 12.8. The van der Waals surface area contributed by atoms with Crippen LogP contribution in [0.1, 0.15) is 16.0 Å². The lowest BCUT2D eigenvalue weighted by atomic mass is 10.1. The van der Waals surface area contributed by atoms with Crippen molar-refractivity contribution in [3.63, 3.8) is 0 Å². The highest BCUT2D eigenvalue weighted by atomic mass is 32.1. The fourth-order valence-corrected chi connectivity index (χ4v) is 4.27. The first-order valence-corrected chi connectivity index (χ1v) is 11.2. The average Bonchev–Trinajstić information content (AvgIpc) is 3.31. The third kappa shape index (κ3) is 5.31. The molecule has 0 atom stereocenters. The lowest BCUT2D eigenvalue weighted by molar-refractivity contribution is 0.400. The lowest BCUT2D eigenvalue weighted by Gasteiger charge is -2.25. The molecule has 0 aliphatic rings. The van der Waals surface area contributed by atoms with Crippen LogP contribution in [0.25, 0.3) is 10.9 Å². The average molecular weight is 450 g/mol. The highest BCUT2D eigenvalue weighted by molar-refractivity contribution is 7.80. The predicted molar refractivity (Wildman–Crippen MR) is 131 cm³/mol. The fourth-order valence-electron chi connectivity index (χ4n) is 3.35. The lowest BCUT2D eigenvalue weighted by Crippen LogP contribution is -2.39. The summed E-state index contributed by atoms with van der Waals surface area (Å²) in [6, 6.07) is 21.8. The van der Waals surface area contributed by atoms with Gasteiger partial charge in [-0.3, -0.25) is 4.79 Å². The number of nitrogens with zero attached hydrogens (tertiary/aromatic N) is 1. The summed E-state index contributed by atoms with van der Waals surface area (Å²) in [4.78, 5) is 19.0. The molecule has 31 heavy (non-hydrogen) atoms. The smallest absolute Gasteiger partial charge is 0.253 e. The molecule has 0 radical (unpaired) electrons. The second-order valence-corrected chi connectivity index (χ2v) is 8.58. The van der Waals surface area contributed by atoms with E-state index >= 15 is 0 Å². The molecule has 2 heterocycles. The van der Waals surface area contributed by atoms with Crippen LogP contribution in [0.2, 0.25) is 0 Å². The zero-order chi connectivity index (χ0) is 21.6. The van der Waals surface area contributed by atoms with Gasteiger partial charge in [0.2, 0.25) is 0 Å². The Morgan fingerprint density at radius 2 is 1.94 bits per heavy atom. The van der Waals surface area contributed by atoms with Gasteiger partial charge in [0, 0.05) is 23.1 Å². The molecule has 2 N–H and O–H groups in total. The van der Waals surface area contributed by atoms with Crippen molar-refractivity contribution in [3.05, 3.63) is 98.5 Å². The van der Waals surface area contributed by atoms with Gasteiger partial charge in [0.05, 0.1) is 25.7 Å². The molecule has 0 fully saturated rings. The molecule has 0 spiro atoms. The van der Waals surface area contributed by atoms with E-state index in [2.05, 4.69) is 28.5 Å². The molecule has 0 aliphatic heterocycles. The summed E-state index contributed by atoms with van der Waals surface area (Å²) in [5.41, 5.74) is 2.45. The first-order chi connectivity index (χ1) is 15.1. The number of nitrogens with one attached hydrogen (secondary N) is 2. The van der Waals surface area contributed by atoms with Crippen LogP contribution in [0.5, 0.6) is 5.75 Å². The SMILES string of the molecule is COc1ccc2cc(CN(Cc3cccs3)C(=S)NCc3ccccc3)c(=O)[nH]c2c1. The number of hydrogen-bond acceptors (Lipinski definition) is 4. The summed E-state index contributed by atoms with van der Waals surface area (Å²) in [7, 11) is 1.61. The quantitative estimate of drug-likeness (QED) is 0.402.